The van der Waals surface area contributed by atoms with Gasteiger partial charge in [-0.3, -0.25) is 14.5 Å². The zero-order chi connectivity index (χ0) is 14.7. The number of hydrogen-bond donors (Lipinski definition) is 1. The first kappa shape index (κ1) is 14.5. The number of rotatable bonds is 4. The smallest absolute Gasteiger partial charge is 0.263 e. The molecule has 1 aromatic rings. The lowest BCUT2D eigenvalue weighted by Gasteiger charge is -2.21. The Morgan fingerprint density at radius 2 is 2.10 bits per heavy atom. The maximum atomic E-state index is 12.3. The van der Waals surface area contributed by atoms with Crippen LogP contribution in [0.25, 0.3) is 0 Å². The van der Waals surface area contributed by atoms with Crippen molar-refractivity contribution in [1.29, 1.82) is 0 Å². The van der Waals surface area contributed by atoms with Crippen molar-refractivity contribution < 1.29 is 9.59 Å². The lowest BCUT2D eigenvalue weighted by atomic mass is 10.3. The summed E-state index contributed by atoms with van der Waals surface area (Å²) in [6.45, 7) is 3.59. The Labute approximate surface area is 128 Å². The summed E-state index contributed by atoms with van der Waals surface area (Å²) in [5, 5.41) is 4.95. The third-order valence-corrected chi connectivity index (χ3v) is 4.78. The second-order valence-electron chi connectivity index (χ2n) is 5.74. The third kappa shape index (κ3) is 4.04. The van der Waals surface area contributed by atoms with Crippen molar-refractivity contribution in [3.8, 4) is 0 Å². The van der Waals surface area contributed by atoms with E-state index in [-0.39, 0.29) is 11.8 Å². The molecule has 1 aliphatic heterocycles. The molecule has 6 heteroatoms. The number of thiophene rings is 1. The average molecular weight is 307 g/mol. The third-order valence-electron chi connectivity index (χ3n) is 3.92. The lowest BCUT2D eigenvalue weighted by molar-refractivity contribution is -0.122. The van der Waals surface area contributed by atoms with Crippen molar-refractivity contribution in [2.75, 3.05) is 32.7 Å². The van der Waals surface area contributed by atoms with Gasteiger partial charge in [-0.1, -0.05) is 6.07 Å². The van der Waals surface area contributed by atoms with Gasteiger partial charge in [0, 0.05) is 32.2 Å². The number of amides is 2. The molecule has 0 radical (unpaired) electrons. The molecule has 1 N–H and O–H groups in total. The Balaban J connectivity index is 1.49. The fraction of sp³-hybridized carbons (Fsp3) is 0.600. The molecule has 1 saturated heterocycles. The van der Waals surface area contributed by atoms with Gasteiger partial charge in [-0.15, -0.1) is 11.3 Å². The minimum atomic E-state index is 0.120. The molecule has 2 aliphatic rings. The van der Waals surface area contributed by atoms with Gasteiger partial charge in [-0.05, 0) is 30.7 Å². The molecule has 3 rings (SSSR count). The molecular weight excluding hydrogens is 286 g/mol. The molecule has 2 heterocycles. The molecule has 1 aliphatic carbocycles. The maximum absolute atomic E-state index is 12.3. The summed E-state index contributed by atoms with van der Waals surface area (Å²) in [4.78, 5) is 29.0. The molecule has 114 valence electrons. The van der Waals surface area contributed by atoms with Crippen LogP contribution >= 0.6 is 11.3 Å². The Morgan fingerprint density at radius 3 is 2.81 bits per heavy atom. The predicted octanol–water partition coefficient (Wildman–Crippen LogP) is 1.17. The second kappa shape index (κ2) is 6.58. The molecule has 0 unspecified atom stereocenters. The van der Waals surface area contributed by atoms with Crippen LogP contribution in [0.5, 0.6) is 0 Å². The summed E-state index contributed by atoms with van der Waals surface area (Å²) >= 11 is 1.49. The van der Waals surface area contributed by atoms with Gasteiger partial charge in [0.15, 0.2) is 0 Å². The average Bonchev–Trinajstić information content (AvgIpc) is 3.16. The SMILES string of the molecule is O=C(CN1CCCN(C(=O)c2cccs2)CC1)NC1CC1. The molecule has 0 spiro atoms. The van der Waals surface area contributed by atoms with Crippen LogP contribution in [-0.2, 0) is 4.79 Å². The summed E-state index contributed by atoms with van der Waals surface area (Å²) < 4.78 is 0. The van der Waals surface area contributed by atoms with Crippen molar-refractivity contribution in [3.05, 3.63) is 22.4 Å². The van der Waals surface area contributed by atoms with E-state index in [4.69, 9.17) is 0 Å². The second-order valence-corrected chi connectivity index (χ2v) is 6.69. The lowest BCUT2D eigenvalue weighted by Crippen LogP contribution is -2.40. The highest BCUT2D eigenvalue weighted by molar-refractivity contribution is 7.12. The Kier molecular flexibility index (Phi) is 4.55. The molecule has 0 atom stereocenters. The van der Waals surface area contributed by atoms with E-state index < -0.39 is 0 Å². The van der Waals surface area contributed by atoms with Crippen LogP contribution in [0, 0.1) is 0 Å². The van der Waals surface area contributed by atoms with E-state index >= 15 is 0 Å². The van der Waals surface area contributed by atoms with E-state index in [2.05, 4.69) is 10.2 Å². The Morgan fingerprint density at radius 1 is 1.24 bits per heavy atom. The summed E-state index contributed by atoms with van der Waals surface area (Å²) in [7, 11) is 0. The van der Waals surface area contributed by atoms with Crippen molar-refractivity contribution >= 4 is 23.2 Å². The standard InChI is InChI=1S/C15H21N3O2S/c19-14(16-12-4-5-12)11-17-6-2-7-18(9-8-17)15(20)13-3-1-10-21-13/h1,3,10,12H,2,4-9,11H2,(H,16,19). The van der Waals surface area contributed by atoms with E-state index in [0.29, 0.717) is 19.1 Å². The Bertz CT molecular complexity index is 499. The zero-order valence-electron chi connectivity index (χ0n) is 12.1. The fourth-order valence-corrected chi connectivity index (χ4v) is 3.28. The number of carbonyl (C=O) groups is 2. The predicted molar refractivity (Wildman–Crippen MR) is 82.4 cm³/mol. The first-order valence-electron chi connectivity index (χ1n) is 7.57. The summed E-state index contributed by atoms with van der Waals surface area (Å²) in [5.74, 6) is 0.241. The van der Waals surface area contributed by atoms with E-state index in [0.717, 1.165) is 43.8 Å². The molecule has 1 aromatic heterocycles. The molecular formula is C15H21N3O2S. The number of nitrogens with one attached hydrogen (secondary N) is 1. The van der Waals surface area contributed by atoms with Crippen LogP contribution in [0.15, 0.2) is 17.5 Å². The van der Waals surface area contributed by atoms with Gasteiger partial charge in [-0.2, -0.15) is 0 Å². The van der Waals surface area contributed by atoms with E-state index in [1.807, 2.05) is 22.4 Å². The first-order valence-corrected chi connectivity index (χ1v) is 8.45. The molecule has 5 nitrogen and oxygen atoms in total. The van der Waals surface area contributed by atoms with Gasteiger partial charge in [0.25, 0.3) is 5.91 Å². The molecule has 21 heavy (non-hydrogen) atoms. The van der Waals surface area contributed by atoms with Crippen LogP contribution in [0.1, 0.15) is 28.9 Å². The van der Waals surface area contributed by atoms with Gasteiger partial charge >= 0.3 is 0 Å². The summed E-state index contributed by atoms with van der Waals surface area (Å²) in [6.07, 6.45) is 3.16. The topological polar surface area (TPSA) is 52.7 Å². The van der Waals surface area contributed by atoms with Crippen LogP contribution in [-0.4, -0.2) is 60.4 Å². The number of carbonyl (C=O) groups excluding carboxylic acids is 2. The van der Waals surface area contributed by atoms with Crippen molar-refractivity contribution in [2.45, 2.75) is 25.3 Å². The Hall–Kier alpha value is -1.40. The minimum absolute atomic E-state index is 0.120. The van der Waals surface area contributed by atoms with Crippen molar-refractivity contribution in [3.63, 3.8) is 0 Å². The quantitative estimate of drug-likeness (QED) is 0.908. The molecule has 0 aromatic carbocycles. The van der Waals surface area contributed by atoms with Crippen LogP contribution in [0.2, 0.25) is 0 Å². The first-order chi connectivity index (χ1) is 10.2. The highest BCUT2D eigenvalue weighted by atomic mass is 32.1. The van der Waals surface area contributed by atoms with E-state index in [9.17, 15) is 9.59 Å². The van der Waals surface area contributed by atoms with Crippen molar-refractivity contribution in [2.24, 2.45) is 0 Å². The van der Waals surface area contributed by atoms with Crippen LogP contribution in [0.3, 0.4) is 0 Å². The normalized spacial score (nSPS) is 20.1. The molecule has 2 amide bonds. The van der Waals surface area contributed by atoms with Crippen LogP contribution < -0.4 is 5.32 Å². The van der Waals surface area contributed by atoms with Crippen LogP contribution in [0.4, 0.5) is 0 Å². The van der Waals surface area contributed by atoms with Gasteiger partial charge in [0.05, 0.1) is 11.4 Å². The highest BCUT2D eigenvalue weighted by Crippen LogP contribution is 2.18. The monoisotopic (exact) mass is 307 g/mol. The highest BCUT2D eigenvalue weighted by Gasteiger charge is 2.25. The summed E-state index contributed by atoms with van der Waals surface area (Å²) in [5.41, 5.74) is 0. The van der Waals surface area contributed by atoms with Crippen molar-refractivity contribution in [1.82, 2.24) is 15.1 Å². The number of hydrogen-bond acceptors (Lipinski definition) is 4. The fourth-order valence-electron chi connectivity index (χ4n) is 2.59. The summed E-state index contributed by atoms with van der Waals surface area (Å²) in [6, 6.07) is 4.20. The number of nitrogens with zero attached hydrogens (tertiary/aromatic N) is 2. The van der Waals surface area contributed by atoms with Gasteiger partial charge in [0.1, 0.15) is 0 Å². The molecule has 1 saturated carbocycles. The maximum Gasteiger partial charge on any atom is 0.263 e. The van der Waals surface area contributed by atoms with E-state index in [1.54, 1.807) is 0 Å². The van der Waals surface area contributed by atoms with Gasteiger partial charge in [-0.25, -0.2) is 0 Å². The largest absolute Gasteiger partial charge is 0.352 e. The molecule has 2 fully saturated rings. The van der Waals surface area contributed by atoms with Gasteiger partial charge < -0.3 is 10.2 Å². The van der Waals surface area contributed by atoms with E-state index in [1.165, 1.54) is 11.3 Å². The minimum Gasteiger partial charge on any atom is -0.352 e. The zero-order valence-corrected chi connectivity index (χ0v) is 12.9. The molecule has 0 bridgehead atoms. The van der Waals surface area contributed by atoms with Gasteiger partial charge in [0.2, 0.25) is 5.91 Å².